The van der Waals surface area contributed by atoms with Crippen LogP contribution in [0.2, 0.25) is 0 Å². The van der Waals surface area contributed by atoms with Gasteiger partial charge in [-0.25, -0.2) is 0 Å². The molecule has 0 fully saturated rings. The van der Waals surface area contributed by atoms with Gasteiger partial charge in [-0.05, 0) is 42.3 Å². The van der Waals surface area contributed by atoms with Crippen molar-refractivity contribution < 1.29 is 4.79 Å². The van der Waals surface area contributed by atoms with E-state index >= 15 is 0 Å². The molecule has 3 aromatic rings. The number of hydrogen-bond acceptors (Lipinski definition) is 1. The zero-order chi connectivity index (χ0) is 14.4. The Labute approximate surface area is 130 Å². The Bertz CT molecular complexity index is 839. The summed E-state index contributed by atoms with van der Waals surface area (Å²) in [6.45, 7) is 0.718. The Morgan fingerprint density at radius 2 is 1.90 bits per heavy atom. The van der Waals surface area contributed by atoms with Crippen molar-refractivity contribution in [2.45, 2.75) is 6.42 Å². The van der Waals surface area contributed by atoms with Gasteiger partial charge in [0.05, 0.1) is 0 Å². The van der Waals surface area contributed by atoms with Crippen molar-refractivity contribution >= 4 is 38.4 Å². The molecule has 0 saturated carbocycles. The summed E-state index contributed by atoms with van der Waals surface area (Å²) in [5.41, 5.74) is 3.82. The average Bonchev–Trinajstić information content (AvgIpc) is 2.87. The molecule has 0 radical (unpaired) electrons. The molecule has 2 aromatic carbocycles. The molecule has 21 heavy (non-hydrogen) atoms. The number of amides is 1. The van der Waals surface area contributed by atoms with Gasteiger partial charge >= 0.3 is 0 Å². The summed E-state index contributed by atoms with van der Waals surface area (Å²) in [7, 11) is 0. The fraction of sp³-hybridized carbons (Fsp3) is 0.118. The van der Waals surface area contributed by atoms with E-state index in [4.69, 9.17) is 0 Å². The predicted molar refractivity (Wildman–Crippen MR) is 87.8 cm³/mol. The number of aromatic nitrogens is 1. The summed E-state index contributed by atoms with van der Waals surface area (Å²) in [4.78, 5) is 17.9. The molecule has 1 amide bonds. The van der Waals surface area contributed by atoms with Gasteiger partial charge in [0.2, 0.25) is 0 Å². The highest BCUT2D eigenvalue weighted by molar-refractivity contribution is 9.10. The summed E-state index contributed by atoms with van der Waals surface area (Å²) in [6.07, 6.45) is 0.867. The molecule has 0 atom stereocenters. The second kappa shape index (κ2) is 4.74. The smallest absolute Gasteiger partial charge is 0.275 e. The lowest BCUT2D eigenvalue weighted by Gasteiger charge is -2.26. The quantitative estimate of drug-likeness (QED) is 0.710. The van der Waals surface area contributed by atoms with E-state index in [2.05, 4.69) is 27.0 Å². The van der Waals surface area contributed by atoms with Gasteiger partial charge in [-0.3, -0.25) is 4.79 Å². The first kappa shape index (κ1) is 12.7. The van der Waals surface area contributed by atoms with Gasteiger partial charge in [0.15, 0.2) is 0 Å². The number of nitrogens with zero attached hydrogens (tertiary/aromatic N) is 1. The van der Waals surface area contributed by atoms with Crippen LogP contribution in [0.15, 0.2) is 53.0 Å². The van der Waals surface area contributed by atoms with Crippen LogP contribution in [0, 0.1) is 0 Å². The lowest BCUT2D eigenvalue weighted by Crippen LogP contribution is -2.37. The monoisotopic (exact) mass is 340 g/mol. The van der Waals surface area contributed by atoms with Crippen molar-refractivity contribution in [1.29, 1.82) is 0 Å². The molecule has 104 valence electrons. The maximum Gasteiger partial charge on any atom is 0.275 e. The summed E-state index contributed by atoms with van der Waals surface area (Å²) < 4.78 is 1.04. The van der Waals surface area contributed by atoms with Crippen molar-refractivity contribution in [2.24, 2.45) is 0 Å². The lowest BCUT2D eigenvalue weighted by molar-refractivity contribution is 0.0976. The number of carbonyl (C=O) groups excluding carboxylic acids is 1. The van der Waals surface area contributed by atoms with Gasteiger partial charge in [0, 0.05) is 27.6 Å². The van der Waals surface area contributed by atoms with Crippen molar-refractivity contribution in [2.75, 3.05) is 11.4 Å². The van der Waals surface area contributed by atoms with Crippen LogP contribution in [0.3, 0.4) is 0 Å². The van der Waals surface area contributed by atoms with Gasteiger partial charge in [0.1, 0.15) is 5.69 Å². The Morgan fingerprint density at radius 3 is 2.71 bits per heavy atom. The molecule has 1 aromatic heterocycles. The summed E-state index contributed by atoms with van der Waals surface area (Å²) in [5, 5.41) is 1.14. The first-order valence-corrected chi connectivity index (χ1v) is 7.70. The number of H-pyrrole nitrogens is 1. The van der Waals surface area contributed by atoms with Crippen molar-refractivity contribution in [1.82, 2.24) is 4.98 Å². The number of para-hydroxylation sites is 1. The lowest BCUT2D eigenvalue weighted by atomic mass is 10.0. The third-order valence-electron chi connectivity index (χ3n) is 3.98. The Balaban J connectivity index is 1.83. The second-order valence-electron chi connectivity index (χ2n) is 5.21. The van der Waals surface area contributed by atoms with E-state index in [-0.39, 0.29) is 5.91 Å². The van der Waals surface area contributed by atoms with E-state index in [1.54, 1.807) is 0 Å². The molecule has 0 bridgehead atoms. The molecular formula is C17H13BrN2O. The highest BCUT2D eigenvalue weighted by Gasteiger charge is 2.28. The Hall–Kier alpha value is -2.07. The number of carbonyl (C=O) groups is 1. The largest absolute Gasteiger partial charge is 0.350 e. The minimum atomic E-state index is 0.0507. The van der Waals surface area contributed by atoms with Crippen LogP contribution in [0.1, 0.15) is 16.1 Å². The SMILES string of the molecule is O=C1c2[nH]c3ccc(Br)cc3c2CCN1c1ccccc1. The van der Waals surface area contributed by atoms with Crippen LogP contribution in [0.25, 0.3) is 10.9 Å². The molecule has 4 heteroatoms. The fourth-order valence-corrected chi connectivity index (χ4v) is 3.34. The Morgan fingerprint density at radius 1 is 1.10 bits per heavy atom. The van der Waals surface area contributed by atoms with Crippen LogP contribution in [0.4, 0.5) is 5.69 Å². The summed E-state index contributed by atoms with van der Waals surface area (Å²) in [6, 6.07) is 15.9. The van der Waals surface area contributed by atoms with Gasteiger partial charge < -0.3 is 9.88 Å². The molecule has 1 N–H and O–H groups in total. The van der Waals surface area contributed by atoms with Crippen LogP contribution in [-0.2, 0) is 6.42 Å². The van der Waals surface area contributed by atoms with E-state index in [0.29, 0.717) is 0 Å². The zero-order valence-corrected chi connectivity index (χ0v) is 12.9. The minimum absolute atomic E-state index is 0.0507. The predicted octanol–water partition coefficient (Wildman–Crippen LogP) is 4.13. The third kappa shape index (κ3) is 1.98. The second-order valence-corrected chi connectivity index (χ2v) is 6.13. The number of hydrogen-bond donors (Lipinski definition) is 1. The first-order valence-electron chi connectivity index (χ1n) is 6.91. The molecule has 1 aliphatic rings. The fourth-order valence-electron chi connectivity index (χ4n) is 2.98. The van der Waals surface area contributed by atoms with Crippen LogP contribution >= 0.6 is 15.9 Å². The number of anilines is 1. The molecule has 1 aliphatic heterocycles. The van der Waals surface area contributed by atoms with Crippen molar-refractivity contribution in [3.8, 4) is 0 Å². The van der Waals surface area contributed by atoms with Gasteiger partial charge in [0.25, 0.3) is 5.91 Å². The number of rotatable bonds is 1. The van der Waals surface area contributed by atoms with E-state index in [0.717, 1.165) is 45.3 Å². The number of benzene rings is 2. The van der Waals surface area contributed by atoms with Crippen LogP contribution in [0.5, 0.6) is 0 Å². The van der Waals surface area contributed by atoms with Crippen LogP contribution < -0.4 is 4.90 Å². The number of nitrogens with one attached hydrogen (secondary N) is 1. The molecule has 3 nitrogen and oxygen atoms in total. The van der Waals surface area contributed by atoms with E-state index in [1.165, 1.54) is 0 Å². The zero-order valence-electron chi connectivity index (χ0n) is 11.3. The highest BCUT2D eigenvalue weighted by Crippen LogP contribution is 2.31. The number of halogens is 1. The van der Waals surface area contributed by atoms with Crippen molar-refractivity contribution in [3.63, 3.8) is 0 Å². The van der Waals surface area contributed by atoms with E-state index in [1.807, 2.05) is 47.4 Å². The average molecular weight is 341 g/mol. The maximum absolute atomic E-state index is 12.8. The topological polar surface area (TPSA) is 36.1 Å². The van der Waals surface area contributed by atoms with Gasteiger partial charge in [-0.2, -0.15) is 0 Å². The van der Waals surface area contributed by atoms with E-state index in [9.17, 15) is 4.79 Å². The molecule has 0 spiro atoms. The molecule has 2 heterocycles. The summed E-state index contributed by atoms with van der Waals surface area (Å²) >= 11 is 3.50. The van der Waals surface area contributed by atoms with Crippen LogP contribution in [-0.4, -0.2) is 17.4 Å². The molecule has 0 aliphatic carbocycles. The minimum Gasteiger partial charge on any atom is -0.350 e. The van der Waals surface area contributed by atoms with Crippen molar-refractivity contribution in [3.05, 3.63) is 64.3 Å². The Kier molecular flexibility index (Phi) is 2.86. The molecule has 0 unspecified atom stereocenters. The van der Waals surface area contributed by atoms with Gasteiger partial charge in [-0.15, -0.1) is 0 Å². The standard InChI is InChI=1S/C17H13BrN2O/c18-11-6-7-15-14(10-11)13-8-9-20(17(21)16(13)19-15)12-4-2-1-3-5-12/h1-7,10,19H,8-9H2. The number of aromatic amines is 1. The first-order chi connectivity index (χ1) is 10.2. The molecule has 0 saturated heterocycles. The number of fused-ring (bicyclic) bond motifs is 3. The van der Waals surface area contributed by atoms with Gasteiger partial charge in [-0.1, -0.05) is 34.1 Å². The summed E-state index contributed by atoms with van der Waals surface area (Å²) in [5.74, 6) is 0.0507. The maximum atomic E-state index is 12.8. The molecule has 4 rings (SSSR count). The van der Waals surface area contributed by atoms with E-state index < -0.39 is 0 Å². The normalized spacial score (nSPS) is 14.5. The highest BCUT2D eigenvalue weighted by atomic mass is 79.9. The third-order valence-corrected chi connectivity index (χ3v) is 4.47. The molecular weight excluding hydrogens is 328 g/mol.